The van der Waals surface area contributed by atoms with Crippen molar-refractivity contribution in [2.24, 2.45) is 16.8 Å². The van der Waals surface area contributed by atoms with Gasteiger partial charge in [-0.1, -0.05) is 12.1 Å². The number of ketones is 2. The van der Waals surface area contributed by atoms with Crippen molar-refractivity contribution in [1.29, 1.82) is 0 Å². The summed E-state index contributed by atoms with van der Waals surface area (Å²) in [6, 6.07) is 7.21. The molecular weight excluding hydrogens is 518 g/mol. The van der Waals surface area contributed by atoms with Gasteiger partial charge in [-0.15, -0.1) is 0 Å². The fourth-order valence-corrected chi connectivity index (χ4v) is 5.64. The van der Waals surface area contributed by atoms with Gasteiger partial charge in [-0.2, -0.15) is 5.10 Å². The monoisotopic (exact) mass is 545 g/mol. The van der Waals surface area contributed by atoms with Crippen LogP contribution < -0.4 is 11.2 Å². The van der Waals surface area contributed by atoms with Gasteiger partial charge in [-0.25, -0.2) is 5.43 Å². The molecule has 0 unspecified atom stereocenters. The number of phenols is 3. The van der Waals surface area contributed by atoms with Gasteiger partial charge in [0.1, 0.15) is 23.0 Å². The van der Waals surface area contributed by atoms with Crippen molar-refractivity contribution in [3.8, 4) is 17.2 Å². The Morgan fingerprint density at radius 3 is 2.33 bits per heavy atom. The molecule has 5 rings (SSSR count). The van der Waals surface area contributed by atoms with Crippen molar-refractivity contribution in [3.05, 3.63) is 75.5 Å². The number of Topliss-reactive ketones (excluding diaryl/α,β-unsaturated/α-hetero) is 2. The van der Waals surface area contributed by atoms with Crippen LogP contribution >= 0.6 is 0 Å². The fraction of sp³-hybridized carbons (Fsp3) is 0.241. The van der Waals surface area contributed by atoms with E-state index in [4.69, 9.17) is 5.73 Å². The number of phenolic OH excluding ortho intramolecular Hbond substituents is 3. The summed E-state index contributed by atoms with van der Waals surface area (Å²) in [6.45, 7) is 4.61. The predicted molar refractivity (Wildman–Crippen MR) is 145 cm³/mol. The highest BCUT2D eigenvalue weighted by molar-refractivity contribution is 6.27. The molecule has 0 fully saturated rings. The van der Waals surface area contributed by atoms with E-state index in [2.05, 4.69) is 10.5 Å². The molecule has 0 saturated carbocycles. The van der Waals surface area contributed by atoms with Gasteiger partial charge in [0.2, 0.25) is 5.78 Å². The Morgan fingerprint density at radius 1 is 1.02 bits per heavy atom. The molecule has 40 heavy (non-hydrogen) atoms. The Bertz CT molecular complexity index is 1710. The number of carbonyl (C=O) groups is 3. The van der Waals surface area contributed by atoms with Crippen molar-refractivity contribution in [1.82, 2.24) is 5.43 Å². The van der Waals surface area contributed by atoms with Crippen molar-refractivity contribution in [2.45, 2.75) is 38.8 Å². The van der Waals surface area contributed by atoms with Crippen LogP contribution in [0.5, 0.6) is 17.2 Å². The number of hydrazone groups is 1. The third kappa shape index (κ3) is 3.66. The molecular formula is C29H27N3O8. The van der Waals surface area contributed by atoms with Gasteiger partial charge >= 0.3 is 0 Å². The summed E-state index contributed by atoms with van der Waals surface area (Å²) in [5, 5.41) is 58.6. The average Bonchev–Trinajstić information content (AvgIpc) is 2.92. The largest absolute Gasteiger partial charge is 0.508 e. The van der Waals surface area contributed by atoms with E-state index in [1.807, 2.05) is 0 Å². The van der Waals surface area contributed by atoms with Gasteiger partial charge in [-0.05, 0) is 73.5 Å². The van der Waals surface area contributed by atoms with E-state index in [1.165, 1.54) is 31.2 Å². The van der Waals surface area contributed by atoms with Crippen LogP contribution in [0.2, 0.25) is 0 Å². The lowest BCUT2D eigenvalue weighted by atomic mass is 9.61. The first-order valence-corrected chi connectivity index (χ1v) is 12.4. The standard InChI is InChI=1S/C29H27N3O8/c1-11-4-9-16-12(2)17-10-18-22(30)25(36)19(13(3)31-32-28(39)14-5-7-15(33)8-6-14)26(37)29(18,40)27(38)21(17)24(35)20(16)23(11)34/h4-9,18,22,33-35,37,40H,10,30H2,1-3H3,(H,32,39)/b31-13+/t18-,22+,29+/m0/s1. The summed E-state index contributed by atoms with van der Waals surface area (Å²) < 4.78 is 0. The van der Waals surface area contributed by atoms with Gasteiger partial charge in [0.25, 0.3) is 5.91 Å². The second-order valence-electron chi connectivity index (χ2n) is 10.2. The summed E-state index contributed by atoms with van der Waals surface area (Å²) in [4.78, 5) is 39.7. The number of nitrogens with two attached hydrogens (primary N) is 1. The smallest absolute Gasteiger partial charge is 0.271 e. The minimum atomic E-state index is -2.69. The minimum absolute atomic E-state index is 0.0289. The Balaban J connectivity index is 1.63. The first-order valence-electron chi connectivity index (χ1n) is 12.4. The van der Waals surface area contributed by atoms with Crippen molar-refractivity contribution in [2.75, 3.05) is 0 Å². The van der Waals surface area contributed by atoms with Gasteiger partial charge < -0.3 is 31.3 Å². The van der Waals surface area contributed by atoms with Gasteiger partial charge in [0, 0.05) is 11.5 Å². The summed E-state index contributed by atoms with van der Waals surface area (Å²) in [5.74, 6) is -5.65. The third-order valence-electron chi connectivity index (χ3n) is 7.94. The molecule has 8 N–H and O–H groups in total. The van der Waals surface area contributed by atoms with Crippen LogP contribution in [-0.4, -0.2) is 60.4 Å². The lowest BCUT2D eigenvalue weighted by Crippen LogP contribution is -2.63. The van der Waals surface area contributed by atoms with Crippen molar-refractivity contribution < 1.29 is 39.9 Å². The van der Waals surface area contributed by atoms with Crippen LogP contribution in [0, 0.1) is 19.8 Å². The number of hydrogen-bond acceptors (Lipinski definition) is 10. The molecule has 0 saturated heterocycles. The normalized spacial score (nSPS) is 22.8. The number of rotatable bonds is 3. The molecule has 0 heterocycles. The molecule has 11 heteroatoms. The number of aliphatic hydroxyl groups is 2. The third-order valence-corrected chi connectivity index (χ3v) is 7.94. The van der Waals surface area contributed by atoms with Gasteiger partial charge in [0.05, 0.1) is 28.3 Å². The highest BCUT2D eigenvalue weighted by Crippen LogP contribution is 2.50. The summed E-state index contributed by atoms with van der Waals surface area (Å²) in [5.41, 5.74) is 6.26. The summed E-state index contributed by atoms with van der Waals surface area (Å²) in [7, 11) is 0. The molecule has 11 nitrogen and oxygen atoms in total. The zero-order valence-corrected chi connectivity index (χ0v) is 21.8. The second-order valence-corrected chi connectivity index (χ2v) is 10.2. The molecule has 0 radical (unpaired) electrons. The van der Waals surface area contributed by atoms with Crippen LogP contribution in [0.25, 0.3) is 10.8 Å². The average molecular weight is 546 g/mol. The molecule has 0 spiro atoms. The number of aryl methyl sites for hydroxylation is 2. The van der Waals surface area contributed by atoms with Crippen molar-refractivity contribution in [3.63, 3.8) is 0 Å². The molecule has 1 amide bonds. The highest BCUT2D eigenvalue weighted by Gasteiger charge is 2.60. The quantitative estimate of drug-likeness (QED) is 0.190. The van der Waals surface area contributed by atoms with E-state index in [1.54, 1.807) is 26.0 Å². The molecule has 0 bridgehead atoms. The fourth-order valence-electron chi connectivity index (χ4n) is 5.64. The molecule has 2 aliphatic carbocycles. The van der Waals surface area contributed by atoms with E-state index in [9.17, 15) is 39.9 Å². The summed E-state index contributed by atoms with van der Waals surface area (Å²) >= 11 is 0. The highest BCUT2D eigenvalue weighted by atomic mass is 16.3. The second kappa shape index (κ2) is 9.18. The Hall–Kier alpha value is -4.74. The number of amides is 1. The van der Waals surface area contributed by atoms with Crippen LogP contribution in [0.4, 0.5) is 0 Å². The number of hydrogen-bond donors (Lipinski definition) is 7. The number of fused-ring (bicyclic) bond motifs is 3. The van der Waals surface area contributed by atoms with Crippen molar-refractivity contribution >= 4 is 34.0 Å². The number of benzene rings is 3. The molecule has 3 aromatic carbocycles. The van der Waals surface area contributed by atoms with E-state index in [0.717, 1.165) is 0 Å². The maximum Gasteiger partial charge on any atom is 0.271 e. The first-order chi connectivity index (χ1) is 18.8. The minimum Gasteiger partial charge on any atom is -0.508 e. The van der Waals surface area contributed by atoms with Gasteiger partial charge in [0.15, 0.2) is 11.4 Å². The Morgan fingerprint density at radius 2 is 1.68 bits per heavy atom. The number of nitrogens with one attached hydrogen (secondary N) is 1. The summed E-state index contributed by atoms with van der Waals surface area (Å²) in [6.07, 6.45) is -0.125. The number of aromatic hydroxyl groups is 3. The van der Waals surface area contributed by atoms with Crippen LogP contribution in [0.15, 0.2) is 52.8 Å². The van der Waals surface area contributed by atoms with E-state index in [0.29, 0.717) is 22.1 Å². The predicted octanol–water partition coefficient (Wildman–Crippen LogP) is 2.19. The molecule has 0 aliphatic heterocycles. The maximum atomic E-state index is 13.9. The zero-order chi connectivity index (χ0) is 29.3. The zero-order valence-electron chi connectivity index (χ0n) is 21.8. The lowest BCUT2D eigenvalue weighted by Gasteiger charge is -2.45. The molecule has 206 valence electrons. The number of carbonyl (C=O) groups excluding carboxylic acids is 3. The Kier molecular flexibility index (Phi) is 6.16. The lowest BCUT2D eigenvalue weighted by molar-refractivity contribution is -0.122. The van der Waals surface area contributed by atoms with Crippen LogP contribution in [-0.2, 0) is 11.2 Å². The number of nitrogens with zero attached hydrogens (tertiary/aromatic N) is 1. The van der Waals surface area contributed by atoms with Crippen LogP contribution in [0.1, 0.15) is 44.3 Å². The van der Waals surface area contributed by atoms with E-state index < -0.39 is 52.1 Å². The molecule has 3 atom stereocenters. The first kappa shape index (κ1) is 26.9. The molecule has 0 aromatic heterocycles. The van der Waals surface area contributed by atoms with E-state index >= 15 is 0 Å². The Labute approximate surface area is 227 Å². The molecule has 2 aliphatic rings. The van der Waals surface area contributed by atoms with Gasteiger partial charge in [-0.3, -0.25) is 14.4 Å². The maximum absolute atomic E-state index is 13.9. The SMILES string of the molecule is C/C(=N\NC(=O)c1ccc(O)cc1)C1=C(O)[C@@]2(O)C(=O)c3c(c(C)c4ccc(C)c(O)c4c3O)C[C@H]2[C@@H](N)C1=O. The van der Waals surface area contributed by atoms with E-state index in [-0.39, 0.29) is 40.1 Å². The number of aliphatic hydroxyl groups excluding tert-OH is 1. The van der Waals surface area contributed by atoms with Crippen LogP contribution in [0.3, 0.4) is 0 Å². The topological polar surface area (TPSA) is 203 Å². The molecule has 3 aromatic rings.